The van der Waals surface area contributed by atoms with Crippen molar-refractivity contribution >= 4 is 45.8 Å². The highest BCUT2D eigenvalue weighted by atomic mass is 35.5. The summed E-state index contributed by atoms with van der Waals surface area (Å²) in [5.74, 6) is -0.445. The number of thiazole rings is 1. The molecule has 0 fully saturated rings. The molecule has 216 valence electrons. The van der Waals surface area contributed by atoms with Crippen molar-refractivity contribution in [1.29, 1.82) is 0 Å². The number of ether oxygens (including phenoxy) is 2. The summed E-state index contributed by atoms with van der Waals surface area (Å²) in [6.45, 7) is 3.89. The lowest BCUT2D eigenvalue weighted by Gasteiger charge is -2.24. The lowest BCUT2D eigenvalue weighted by atomic mass is 9.96. The van der Waals surface area contributed by atoms with E-state index in [1.807, 2.05) is 24.3 Å². The van der Waals surface area contributed by atoms with Crippen LogP contribution in [0, 0.1) is 5.82 Å². The molecule has 1 atom stereocenters. The first-order chi connectivity index (χ1) is 20.8. The molecular weight excluding hydrogens is 587 g/mol. The van der Waals surface area contributed by atoms with E-state index in [1.165, 1.54) is 28.0 Å². The summed E-state index contributed by atoms with van der Waals surface area (Å²) >= 11 is 7.56. The van der Waals surface area contributed by atoms with Gasteiger partial charge in [0.15, 0.2) is 4.80 Å². The maximum absolute atomic E-state index is 14.0. The summed E-state index contributed by atoms with van der Waals surface area (Å²) in [4.78, 5) is 32.1. The third-order valence-electron chi connectivity index (χ3n) is 7.22. The number of benzene rings is 4. The number of allylic oxidation sites excluding steroid dienone is 1. The van der Waals surface area contributed by atoms with Gasteiger partial charge in [-0.1, -0.05) is 77.5 Å². The van der Waals surface area contributed by atoms with Gasteiger partial charge in [-0.25, -0.2) is 14.2 Å². The second-order valence-corrected chi connectivity index (χ2v) is 11.4. The highest BCUT2D eigenvalue weighted by molar-refractivity contribution is 7.07. The smallest absolute Gasteiger partial charge is 0.338 e. The van der Waals surface area contributed by atoms with Crippen molar-refractivity contribution in [2.24, 2.45) is 4.99 Å². The molecule has 0 aliphatic carbocycles. The number of carbonyl (C=O) groups is 1. The molecule has 0 radical (unpaired) electrons. The zero-order valence-electron chi connectivity index (χ0n) is 23.3. The standard InChI is InChI=1S/C34H26ClFN2O4S/c1-3-41-33(40)30-20(2)37-34-38(31(30)22-11-14-26(36)15-12-22)32(39)29(43-34)18-24-17-25(35)13-16-28(24)42-19-23-9-6-8-21-7-4-5-10-27(21)23/h4-18,31H,3,19H2,1-2H3/b29-18-/t31-/m1/s1. The van der Waals surface area contributed by atoms with Crippen molar-refractivity contribution in [1.82, 2.24) is 4.57 Å². The van der Waals surface area contributed by atoms with Gasteiger partial charge < -0.3 is 9.47 Å². The van der Waals surface area contributed by atoms with Gasteiger partial charge in [0.1, 0.15) is 18.2 Å². The van der Waals surface area contributed by atoms with E-state index in [2.05, 4.69) is 23.2 Å². The molecular formula is C34H26ClFN2O4S. The van der Waals surface area contributed by atoms with Gasteiger partial charge in [-0.2, -0.15) is 0 Å². The number of nitrogens with zero attached hydrogens (tertiary/aromatic N) is 2. The Morgan fingerprint density at radius 1 is 1.07 bits per heavy atom. The minimum atomic E-state index is -0.834. The fourth-order valence-corrected chi connectivity index (χ4v) is 6.45. The third-order valence-corrected chi connectivity index (χ3v) is 8.44. The van der Waals surface area contributed by atoms with Crippen LogP contribution in [-0.4, -0.2) is 17.1 Å². The van der Waals surface area contributed by atoms with Gasteiger partial charge in [-0.15, -0.1) is 0 Å². The second kappa shape index (κ2) is 12.0. The van der Waals surface area contributed by atoms with Gasteiger partial charge in [-0.05, 0) is 72.2 Å². The van der Waals surface area contributed by atoms with Gasteiger partial charge in [0.05, 0.1) is 28.5 Å². The number of carbonyl (C=O) groups excluding carboxylic acids is 1. The Kier molecular flexibility index (Phi) is 7.97. The maximum atomic E-state index is 14.0. The molecule has 2 heterocycles. The molecule has 6 nitrogen and oxygen atoms in total. The van der Waals surface area contributed by atoms with Crippen molar-refractivity contribution in [2.75, 3.05) is 6.61 Å². The van der Waals surface area contributed by atoms with Crippen molar-refractivity contribution in [3.8, 4) is 5.75 Å². The SMILES string of the molecule is CCOC(=O)C1=C(C)N=c2s/c(=C\c3cc(Cl)ccc3OCc3cccc4ccccc34)c(=O)n2[C@@H]1c1ccc(F)cc1. The van der Waals surface area contributed by atoms with E-state index in [-0.39, 0.29) is 17.7 Å². The second-order valence-electron chi connectivity index (χ2n) is 9.96. The Balaban J connectivity index is 1.44. The van der Waals surface area contributed by atoms with Gasteiger partial charge in [-0.3, -0.25) is 9.36 Å². The predicted octanol–water partition coefficient (Wildman–Crippen LogP) is 6.32. The van der Waals surface area contributed by atoms with Crippen LogP contribution < -0.4 is 19.6 Å². The average molecular weight is 613 g/mol. The van der Waals surface area contributed by atoms with E-state index in [4.69, 9.17) is 21.1 Å². The topological polar surface area (TPSA) is 69.9 Å². The summed E-state index contributed by atoms with van der Waals surface area (Å²) in [5.41, 5.74) is 2.52. The lowest BCUT2D eigenvalue weighted by Crippen LogP contribution is -2.39. The number of esters is 1. The molecule has 4 aromatic carbocycles. The number of hydrogen-bond donors (Lipinski definition) is 0. The van der Waals surface area contributed by atoms with Crippen LogP contribution in [0.5, 0.6) is 5.75 Å². The normalized spacial score (nSPS) is 14.9. The minimum absolute atomic E-state index is 0.159. The van der Waals surface area contributed by atoms with E-state index >= 15 is 0 Å². The molecule has 0 bridgehead atoms. The molecule has 1 aliphatic rings. The fraction of sp³-hybridized carbons (Fsp3) is 0.147. The zero-order chi connectivity index (χ0) is 30.1. The largest absolute Gasteiger partial charge is 0.488 e. The first kappa shape index (κ1) is 28.6. The monoisotopic (exact) mass is 612 g/mol. The molecule has 0 spiro atoms. The first-order valence-electron chi connectivity index (χ1n) is 13.7. The highest BCUT2D eigenvalue weighted by Crippen LogP contribution is 2.31. The van der Waals surface area contributed by atoms with Gasteiger partial charge in [0.25, 0.3) is 5.56 Å². The van der Waals surface area contributed by atoms with Gasteiger partial charge in [0.2, 0.25) is 0 Å². The first-order valence-corrected chi connectivity index (χ1v) is 14.9. The van der Waals surface area contributed by atoms with E-state index in [1.54, 1.807) is 50.3 Å². The average Bonchev–Trinajstić information content (AvgIpc) is 3.30. The predicted molar refractivity (Wildman–Crippen MR) is 167 cm³/mol. The Morgan fingerprint density at radius 2 is 1.84 bits per heavy atom. The fourth-order valence-electron chi connectivity index (χ4n) is 5.23. The van der Waals surface area contributed by atoms with E-state index in [0.29, 0.717) is 43.5 Å². The summed E-state index contributed by atoms with van der Waals surface area (Å²) in [6.07, 6.45) is 1.72. The van der Waals surface area contributed by atoms with E-state index < -0.39 is 17.8 Å². The Hall–Kier alpha value is -4.53. The van der Waals surface area contributed by atoms with Crippen molar-refractivity contribution in [3.05, 3.63) is 143 Å². The summed E-state index contributed by atoms with van der Waals surface area (Å²) in [7, 11) is 0. The van der Waals surface area contributed by atoms with Crippen LogP contribution in [0.25, 0.3) is 16.8 Å². The van der Waals surface area contributed by atoms with Gasteiger partial charge >= 0.3 is 5.97 Å². The quantitative estimate of drug-likeness (QED) is 0.202. The number of aromatic nitrogens is 1. The lowest BCUT2D eigenvalue weighted by molar-refractivity contribution is -0.139. The maximum Gasteiger partial charge on any atom is 0.338 e. The van der Waals surface area contributed by atoms with Gasteiger partial charge in [0, 0.05) is 10.6 Å². The van der Waals surface area contributed by atoms with Crippen LogP contribution in [0.3, 0.4) is 0 Å². The molecule has 0 unspecified atom stereocenters. The molecule has 5 aromatic rings. The molecule has 9 heteroatoms. The van der Waals surface area contributed by atoms with E-state index in [0.717, 1.165) is 16.3 Å². The minimum Gasteiger partial charge on any atom is -0.488 e. The zero-order valence-corrected chi connectivity index (χ0v) is 24.9. The van der Waals surface area contributed by atoms with Crippen molar-refractivity contribution < 1.29 is 18.7 Å². The Labute approximate surface area is 255 Å². The molecule has 0 amide bonds. The molecule has 1 aliphatic heterocycles. The summed E-state index contributed by atoms with van der Waals surface area (Å²) in [5, 5.41) is 2.71. The van der Waals surface area contributed by atoms with Crippen LogP contribution in [0.15, 0.2) is 106 Å². The van der Waals surface area contributed by atoms with Crippen LogP contribution in [-0.2, 0) is 16.1 Å². The molecule has 1 aromatic heterocycles. The molecule has 0 N–H and O–H groups in total. The van der Waals surface area contributed by atoms with Crippen molar-refractivity contribution in [3.63, 3.8) is 0 Å². The number of halogens is 2. The summed E-state index contributed by atoms with van der Waals surface area (Å²) < 4.78 is 27.3. The molecule has 0 saturated carbocycles. The van der Waals surface area contributed by atoms with Crippen molar-refractivity contribution in [2.45, 2.75) is 26.5 Å². The third kappa shape index (κ3) is 5.63. The number of fused-ring (bicyclic) bond motifs is 2. The van der Waals surface area contributed by atoms with Crippen LogP contribution in [0.1, 0.15) is 36.6 Å². The Morgan fingerprint density at radius 3 is 2.63 bits per heavy atom. The van der Waals surface area contributed by atoms with Crippen LogP contribution >= 0.6 is 22.9 Å². The molecule has 6 rings (SSSR count). The highest BCUT2D eigenvalue weighted by Gasteiger charge is 2.33. The summed E-state index contributed by atoms with van der Waals surface area (Å²) in [6, 6.07) is 24.3. The Bertz CT molecular complexity index is 2080. The van der Waals surface area contributed by atoms with Crippen LogP contribution in [0.2, 0.25) is 5.02 Å². The molecule has 43 heavy (non-hydrogen) atoms. The van der Waals surface area contributed by atoms with E-state index in [9.17, 15) is 14.0 Å². The number of rotatable bonds is 7. The van der Waals surface area contributed by atoms with Crippen LogP contribution in [0.4, 0.5) is 4.39 Å². The number of hydrogen-bond acceptors (Lipinski definition) is 6. The molecule has 0 saturated heterocycles.